The summed E-state index contributed by atoms with van der Waals surface area (Å²) < 4.78 is 1.52. The van der Waals surface area contributed by atoms with Gasteiger partial charge in [-0.1, -0.05) is 12.8 Å². The highest BCUT2D eigenvalue weighted by atomic mass is 16.2. The predicted octanol–water partition coefficient (Wildman–Crippen LogP) is 0.799. The van der Waals surface area contributed by atoms with Crippen LogP contribution in [0.1, 0.15) is 25.7 Å². The first-order valence-electron chi connectivity index (χ1n) is 10.5. The van der Waals surface area contributed by atoms with E-state index in [4.69, 9.17) is 0 Å². The standard InChI is InChI=1S/C21H26N6O2/c28-19-8-7-17(15-4-3-9-22-10-15)25-27(19)13-14-11-26(12-14)21(29)20-16-5-1-2-6-18(16)23-24-20/h3-4,7-10,14,16,18,20,23-24H,1-2,5-6,11-13H2. The zero-order valence-electron chi connectivity index (χ0n) is 16.3. The Morgan fingerprint density at radius 3 is 2.83 bits per heavy atom. The number of nitrogens with zero attached hydrogens (tertiary/aromatic N) is 4. The van der Waals surface area contributed by atoms with Gasteiger partial charge in [0.1, 0.15) is 6.04 Å². The van der Waals surface area contributed by atoms with Crippen LogP contribution in [-0.2, 0) is 11.3 Å². The molecule has 8 heteroatoms. The fourth-order valence-corrected chi connectivity index (χ4v) is 4.84. The molecule has 3 atom stereocenters. The van der Waals surface area contributed by atoms with Crippen LogP contribution in [0, 0.1) is 11.8 Å². The molecule has 2 aliphatic heterocycles. The summed E-state index contributed by atoms with van der Waals surface area (Å²) in [4.78, 5) is 31.2. The quantitative estimate of drug-likeness (QED) is 0.797. The normalized spacial score (nSPS) is 26.8. The molecule has 2 N–H and O–H groups in total. The number of rotatable bonds is 4. The maximum atomic E-state index is 12.9. The molecule has 29 heavy (non-hydrogen) atoms. The van der Waals surface area contributed by atoms with Gasteiger partial charge < -0.3 is 4.90 Å². The lowest BCUT2D eigenvalue weighted by atomic mass is 9.81. The molecule has 3 fully saturated rings. The SMILES string of the molecule is O=C(C1NNC2CCCCC21)N1CC(Cn2nc(-c3cccnc3)ccc2=O)C1. The van der Waals surface area contributed by atoms with E-state index in [0.717, 1.165) is 24.1 Å². The van der Waals surface area contributed by atoms with E-state index in [1.165, 1.54) is 17.5 Å². The van der Waals surface area contributed by atoms with Gasteiger partial charge in [-0.05, 0) is 31.0 Å². The molecule has 8 nitrogen and oxygen atoms in total. The van der Waals surface area contributed by atoms with Crippen molar-refractivity contribution in [2.24, 2.45) is 11.8 Å². The Bertz CT molecular complexity index is 940. The number of carbonyl (C=O) groups excluding carboxylic acids is 1. The van der Waals surface area contributed by atoms with Gasteiger partial charge in [0.2, 0.25) is 5.91 Å². The Kier molecular flexibility index (Phi) is 4.89. The highest BCUT2D eigenvalue weighted by Gasteiger charge is 2.44. The maximum Gasteiger partial charge on any atom is 0.266 e. The van der Waals surface area contributed by atoms with Crippen LogP contribution >= 0.6 is 0 Å². The van der Waals surface area contributed by atoms with Gasteiger partial charge >= 0.3 is 0 Å². The average Bonchev–Trinajstić information content (AvgIpc) is 3.16. The summed E-state index contributed by atoms with van der Waals surface area (Å²) in [6.45, 7) is 1.89. The molecule has 3 unspecified atom stereocenters. The monoisotopic (exact) mass is 394 g/mol. The smallest absolute Gasteiger partial charge is 0.266 e. The summed E-state index contributed by atoms with van der Waals surface area (Å²) in [6.07, 6.45) is 8.15. The fourth-order valence-electron chi connectivity index (χ4n) is 4.84. The van der Waals surface area contributed by atoms with Crippen LogP contribution < -0.4 is 16.4 Å². The van der Waals surface area contributed by atoms with E-state index >= 15 is 0 Å². The lowest BCUT2D eigenvalue weighted by molar-refractivity contribution is -0.141. The van der Waals surface area contributed by atoms with Gasteiger partial charge in [-0.15, -0.1) is 0 Å². The summed E-state index contributed by atoms with van der Waals surface area (Å²) >= 11 is 0. The van der Waals surface area contributed by atoms with Crippen LogP contribution in [0.5, 0.6) is 0 Å². The van der Waals surface area contributed by atoms with Gasteiger partial charge in [-0.2, -0.15) is 5.10 Å². The summed E-state index contributed by atoms with van der Waals surface area (Å²) in [6, 6.07) is 7.36. The fraction of sp³-hybridized carbons (Fsp3) is 0.524. The summed E-state index contributed by atoms with van der Waals surface area (Å²) in [5.74, 6) is 0.841. The predicted molar refractivity (Wildman–Crippen MR) is 108 cm³/mol. The molecule has 2 aromatic rings. The molecule has 0 spiro atoms. The van der Waals surface area contributed by atoms with E-state index in [2.05, 4.69) is 20.9 Å². The third kappa shape index (κ3) is 3.58. The highest BCUT2D eigenvalue weighted by molar-refractivity contribution is 5.83. The Morgan fingerprint density at radius 2 is 2.00 bits per heavy atom. The van der Waals surface area contributed by atoms with Crippen LogP contribution in [0.3, 0.4) is 0 Å². The second-order valence-corrected chi connectivity index (χ2v) is 8.41. The number of hydrazine groups is 1. The topological polar surface area (TPSA) is 92.2 Å². The molecule has 4 heterocycles. The van der Waals surface area contributed by atoms with Gasteiger partial charge in [0.05, 0.1) is 12.2 Å². The van der Waals surface area contributed by atoms with Gasteiger partial charge in [0, 0.05) is 55.0 Å². The summed E-state index contributed by atoms with van der Waals surface area (Å²) in [5.41, 5.74) is 8.04. The number of amides is 1. The van der Waals surface area contributed by atoms with Gasteiger partial charge in [-0.3, -0.25) is 20.0 Å². The minimum atomic E-state index is -0.117. The van der Waals surface area contributed by atoms with Crippen LogP contribution in [0.15, 0.2) is 41.5 Å². The van der Waals surface area contributed by atoms with E-state index in [0.29, 0.717) is 31.6 Å². The number of likely N-dealkylation sites (tertiary alicyclic amines) is 1. The number of hydrogen-bond donors (Lipinski definition) is 2. The number of nitrogens with one attached hydrogen (secondary N) is 2. The van der Waals surface area contributed by atoms with Gasteiger partial charge in [0.15, 0.2) is 0 Å². The molecule has 1 amide bonds. The molecule has 5 rings (SSSR count). The van der Waals surface area contributed by atoms with Crippen molar-refractivity contribution in [3.8, 4) is 11.3 Å². The van der Waals surface area contributed by atoms with E-state index in [1.807, 2.05) is 17.0 Å². The largest absolute Gasteiger partial charge is 0.340 e. The number of carbonyl (C=O) groups is 1. The molecule has 1 saturated carbocycles. The van der Waals surface area contributed by atoms with Crippen molar-refractivity contribution in [3.63, 3.8) is 0 Å². The second-order valence-electron chi connectivity index (χ2n) is 8.41. The molecular weight excluding hydrogens is 368 g/mol. The van der Waals surface area contributed by atoms with Crippen molar-refractivity contribution in [2.45, 2.75) is 44.3 Å². The van der Waals surface area contributed by atoms with Crippen molar-refractivity contribution < 1.29 is 4.79 Å². The Balaban J connectivity index is 1.21. The van der Waals surface area contributed by atoms with Crippen molar-refractivity contribution in [1.82, 2.24) is 30.5 Å². The van der Waals surface area contributed by atoms with Gasteiger partial charge in [-0.25, -0.2) is 10.1 Å². The van der Waals surface area contributed by atoms with Crippen LogP contribution in [0.2, 0.25) is 0 Å². The minimum Gasteiger partial charge on any atom is -0.340 e. The minimum absolute atomic E-state index is 0.115. The summed E-state index contributed by atoms with van der Waals surface area (Å²) in [5, 5.41) is 4.50. The van der Waals surface area contributed by atoms with Crippen LogP contribution in [0.25, 0.3) is 11.3 Å². The molecule has 2 aromatic heterocycles. The molecule has 152 valence electrons. The first-order valence-corrected chi connectivity index (χ1v) is 10.5. The lowest BCUT2D eigenvalue weighted by Gasteiger charge is -2.41. The number of pyridine rings is 1. The Labute approximate surface area is 169 Å². The molecule has 1 aliphatic carbocycles. The molecule has 0 bridgehead atoms. The first kappa shape index (κ1) is 18.4. The number of aromatic nitrogens is 3. The van der Waals surface area contributed by atoms with E-state index in [9.17, 15) is 9.59 Å². The highest BCUT2D eigenvalue weighted by Crippen LogP contribution is 2.32. The average molecular weight is 394 g/mol. The Morgan fingerprint density at radius 1 is 1.14 bits per heavy atom. The van der Waals surface area contributed by atoms with Crippen molar-refractivity contribution in [1.29, 1.82) is 0 Å². The number of hydrogen-bond acceptors (Lipinski definition) is 6. The zero-order chi connectivity index (χ0) is 19.8. The Hall–Kier alpha value is -2.58. The molecule has 3 aliphatic rings. The van der Waals surface area contributed by atoms with E-state index < -0.39 is 0 Å². The second kappa shape index (κ2) is 7.68. The zero-order valence-corrected chi connectivity index (χ0v) is 16.3. The summed E-state index contributed by atoms with van der Waals surface area (Å²) in [7, 11) is 0. The van der Waals surface area contributed by atoms with E-state index in [-0.39, 0.29) is 23.4 Å². The molecule has 2 saturated heterocycles. The third-order valence-electron chi connectivity index (χ3n) is 6.46. The van der Waals surface area contributed by atoms with Crippen LogP contribution in [-0.4, -0.2) is 50.7 Å². The number of fused-ring (bicyclic) bond motifs is 1. The molecule has 0 aromatic carbocycles. The van der Waals surface area contributed by atoms with Crippen molar-refractivity contribution in [2.75, 3.05) is 13.1 Å². The maximum absolute atomic E-state index is 12.9. The third-order valence-corrected chi connectivity index (χ3v) is 6.46. The first-order chi connectivity index (χ1) is 14.2. The molecule has 0 radical (unpaired) electrons. The van der Waals surface area contributed by atoms with Crippen molar-refractivity contribution in [3.05, 3.63) is 47.0 Å². The van der Waals surface area contributed by atoms with E-state index in [1.54, 1.807) is 24.5 Å². The lowest BCUT2D eigenvalue weighted by Crippen LogP contribution is -2.58. The van der Waals surface area contributed by atoms with Crippen molar-refractivity contribution >= 4 is 5.91 Å². The molecular formula is C21H26N6O2. The van der Waals surface area contributed by atoms with Crippen LogP contribution in [0.4, 0.5) is 0 Å². The van der Waals surface area contributed by atoms with Gasteiger partial charge in [0.25, 0.3) is 5.56 Å².